The lowest BCUT2D eigenvalue weighted by Gasteiger charge is -2.32. The summed E-state index contributed by atoms with van der Waals surface area (Å²) in [6, 6.07) is 11.0. The van der Waals surface area contributed by atoms with Crippen molar-refractivity contribution in [2.24, 2.45) is 21.6 Å². The molecule has 3 N–H and O–H groups in total. The van der Waals surface area contributed by atoms with Gasteiger partial charge < -0.3 is 11.1 Å². The molecule has 1 aromatic carbocycles. The number of aliphatic imine (C=N–C) groups is 2. The van der Waals surface area contributed by atoms with Crippen LogP contribution in [-0.2, 0) is 4.84 Å². The van der Waals surface area contributed by atoms with Crippen LogP contribution in [0.5, 0.6) is 0 Å². The molecule has 9 heteroatoms. The van der Waals surface area contributed by atoms with Crippen molar-refractivity contribution in [1.29, 1.82) is 0 Å². The van der Waals surface area contributed by atoms with Gasteiger partial charge in [-0.05, 0) is 56.8 Å². The number of aryl methyl sites for hydroxylation is 1. The van der Waals surface area contributed by atoms with Gasteiger partial charge in [-0.1, -0.05) is 37.5 Å². The van der Waals surface area contributed by atoms with E-state index in [1.165, 1.54) is 11.4 Å². The molecular weight excluding hydrogens is 454 g/mol. The molecule has 2 unspecified atom stereocenters. The van der Waals surface area contributed by atoms with Gasteiger partial charge in [0, 0.05) is 29.2 Å². The van der Waals surface area contributed by atoms with Crippen LogP contribution in [0.4, 0.5) is 10.5 Å². The van der Waals surface area contributed by atoms with Gasteiger partial charge in [0.15, 0.2) is 0 Å². The Hall–Kier alpha value is -4.00. The number of amidine groups is 1. The molecule has 9 nitrogen and oxygen atoms in total. The van der Waals surface area contributed by atoms with Crippen molar-refractivity contribution in [3.8, 4) is 11.8 Å². The Bertz CT molecular complexity index is 1130. The van der Waals surface area contributed by atoms with Gasteiger partial charge >= 0.3 is 6.03 Å². The number of carbonyl (C=O) groups is 1. The van der Waals surface area contributed by atoms with Gasteiger partial charge in [-0.25, -0.2) is 14.9 Å². The van der Waals surface area contributed by atoms with Gasteiger partial charge in [0.1, 0.15) is 18.3 Å². The molecule has 0 spiro atoms. The molecule has 0 bridgehead atoms. The van der Waals surface area contributed by atoms with Crippen molar-refractivity contribution in [2.75, 3.05) is 32.1 Å². The number of aromatic nitrogens is 1. The molecule has 0 radical (unpaired) electrons. The van der Waals surface area contributed by atoms with Crippen molar-refractivity contribution < 1.29 is 9.63 Å². The first-order valence-electron chi connectivity index (χ1n) is 11.8. The Morgan fingerprint density at radius 3 is 2.72 bits per heavy atom. The summed E-state index contributed by atoms with van der Waals surface area (Å²) in [6.07, 6.45) is 5.65. The molecule has 4 rings (SSSR count). The number of urea groups is 1. The zero-order chi connectivity index (χ0) is 25.9. The summed E-state index contributed by atoms with van der Waals surface area (Å²) >= 11 is 0. The molecule has 188 valence electrons. The van der Waals surface area contributed by atoms with Crippen molar-refractivity contribution in [1.82, 2.24) is 14.9 Å². The summed E-state index contributed by atoms with van der Waals surface area (Å²) in [4.78, 5) is 32.0. The molecule has 1 fully saturated rings. The van der Waals surface area contributed by atoms with E-state index in [0.29, 0.717) is 30.2 Å². The Morgan fingerprint density at radius 1 is 1.33 bits per heavy atom. The first-order valence-corrected chi connectivity index (χ1v) is 11.8. The number of nitrogens with two attached hydrogens (primary N) is 1. The van der Waals surface area contributed by atoms with E-state index in [0.717, 1.165) is 24.1 Å². The topological polar surface area (TPSA) is 108 Å². The number of nitrogens with one attached hydrogen (secondary N) is 1. The van der Waals surface area contributed by atoms with Gasteiger partial charge in [-0.15, -0.1) is 0 Å². The maximum absolute atomic E-state index is 12.2. The van der Waals surface area contributed by atoms with E-state index >= 15 is 0 Å². The molecular formula is C27H33N7O2. The summed E-state index contributed by atoms with van der Waals surface area (Å²) in [6.45, 7) is 10.1. The third-order valence-corrected chi connectivity index (χ3v) is 5.76. The second-order valence-electron chi connectivity index (χ2n) is 8.33. The van der Waals surface area contributed by atoms with Crippen molar-refractivity contribution >= 4 is 23.9 Å². The normalized spacial score (nSPS) is 18.4. The average Bonchev–Trinajstić information content (AvgIpc) is 3.45. The van der Waals surface area contributed by atoms with Crippen LogP contribution in [0, 0.1) is 24.7 Å². The summed E-state index contributed by atoms with van der Waals surface area (Å²) in [5, 5.41) is 4.18. The number of anilines is 1. The van der Waals surface area contributed by atoms with Gasteiger partial charge in [-0.2, -0.15) is 0 Å². The minimum absolute atomic E-state index is 0.179. The van der Waals surface area contributed by atoms with E-state index in [1.807, 2.05) is 50.4 Å². The van der Waals surface area contributed by atoms with Crippen LogP contribution in [0.1, 0.15) is 24.5 Å². The maximum atomic E-state index is 12.2. The lowest BCUT2D eigenvalue weighted by Crippen LogP contribution is -2.45. The first-order chi connectivity index (χ1) is 17.4. The number of hydrogen-bond acceptors (Lipinski definition) is 7. The number of carbonyl (C=O) groups excluding carboxylic acids is 1. The third-order valence-electron chi connectivity index (χ3n) is 5.76. The Kier molecular flexibility index (Phi) is 9.74. The number of benzene rings is 1. The molecule has 1 saturated heterocycles. The lowest BCUT2D eigenvalue weighted by molar-refractivity contribution is -0.0614. The zero-order valence-corrected chi connectivity index (χ0v) is 21.0. The van der Waals surface area contributed by atoms with Crippen LogP contribution in [-0.4, -0.2) is 66.1 Å². The predicted octanol–water partition coefficient (Wildman–Crippen LogP) is 3.45. The van der Waals surface area contributed by atoms with Crippen LogP contribution in [0.2, 0.25) is 0 Å². The fourth-order valence-corrected chi connectivity index (χ4v) is 3.57. The van der Waals surface area contributed by atoms with Crippen LogP contribution < -0.4 is 11.1 Å². The van der Waals surface area contributed by atoms with E-state index < -0.39 is 0 Å². The van der Waals surface area contributed by atoms with Crippen LogP contribution in [0.15, 0.2) is 70.9 Å². The molecule has 1 aromatic heterocycles. The number of hydroxylamine groups is 2. The minimum Gasteiger partial charge on any atom is -0.386 e. The first kappa shape index (κ1) is 26.6. The predicted molar refractivity (Wildman–Crippen MR) is 143 cm³/mol. The minimum atomic E-state index is -0.283. The van der Waals surface area contributed by atoms with Gasteiger partial charge in [0.05, 0.1) is 19.1 Å². The van der Waals surface area contributed by atoms with Gasteiger partial charge in [0.2, 0.25) is 0 Å². The number of pyridine rings is 1. The van der Waals surface area contributed by atoms with Crippen molar-refractivity contribution in [2.45, 2.75) is 26.4 Å². The number of hydrogen-bond donors (Lipinski definition) is 2. The Balaban J connectivity index is 0.000000526. The molecule has 2 amide bonds. The Morgan fingerprint density at radius 2 is 2.11 bits per heavy atom. The average molecular weight is 488 g/mol. The molecule has 3 heterocycles. The fraction of sp³-hybridized carbons (Fsp3) is 0.333. The molecule has 2 atom stereocenters. The van der Waals surface area contributed by atoms with Gasteiger partial charge in [-0.3, -0.25) is 19.7 Å². The van der Waals surface area contributed by atoms with Crippen LogP contribution in [0.25, 0.3) is 0 Å². The largest absolute Gasteiger partial charge is 0.386 e. The summed E-state index contributed by atoms with van der Waals surface area (Å²) in [5.74, 6) is 6.48. The zero-order valence-electron chi connectivity index (χ0n) is 21.0. The van der Waals surface area contributed by atoms with Crippen LogP contribution in [0.3, 0.4) is 0 Å². The second kappa shape index (κ2) is 13.2. The highest BCUT2D eigenvalue weighted by molar-refractivity contribution is 5.94. The van der Waals surface area contributed by atoms with Crippen molar-refractivity contribution in [3.63, 3.8) is 0 Å². The molecule has 2 aromatic rings. The molecule has 2 aliphatic rings. The van der Waals surface area contributed by atoms with Crippen LogP contribution >= 0.6 is 0 Å². The molecule has 36 heavy (non-hydrogen) atoms. The van der Waals surface area contributed by atoms with Crippen molar-refractivity contribution in [3.05, 3.63) is 72.1 Å². The smallest absolute Gasteiger partial charge is 0.345 e. The summed E-state index contributed by atoms with van der Waals surface area (Å²) in [5.41, 5.74) is 9.24. The highest BCUT2D eigenvalue weighted by Gasteiger charge is 2.31. The maximum Gasteiger partial charge on any atom is 0.345 e. The SMILES string of the molecule is C=C(C#Cc1cc(NC(=O)N2CCCO2)ccc1C)C1C(N)=NC=NC1N(C)CC.c1ccncc1. The Labute approximate surface area is 212 Å². The third kappa shape index (κ3) is 7.25. The van der Waals surface area contributed by atoms with E-state index in [-0.39, 0.29) is 18.1 Å². The fourth-order valence-electron chi connectivity index (χ4n) is 3.57. The van der Waals surface area contributed by atoms with E-state index in [4.69, 9.17) is 10.6 Å². The monoisotopic (exact) mass is 487 g/mol. The number of rotatable bonds is 4. The lowest BCUT2D eigenvalue weighted by atomic mass is 9.94. The quantitative estimate of drug-likeness (QED) is 0.642. The second-order valence-corrected chi connectivity index (χ2v) is 8.33. The van der Waals surface area contributed by atoms with Gasteiger partial charge in [0.25, 0.3) is 0 Å². The standard InChI is InChI=1S/C22H28N6O2.C5H5N/c1-5-27(4)21-19(20(23)24-14-25-21)16(3)7-9-17-13-18(10-8-15(17)2)26-22(29)28-11-6-12-30-28;1-2-4-6-5-3-1/h8,10,13-14,19,21H,3,5-6,11-12H2,1-2,4H3,(H,26,29)(H2,23,24,25);1-5H. The number of amides is 2. The highest BCUT2D eigenvalue weighted by Crippen LogP contribution is 2.22. The summed E-state index contributed by atoms with van der Waals surface area (Å²) < 4.78 is 0. The van der Waals surface area contributed by atoms with E-state index in [1.54, 1.807) is 12.4 Å². The number of nitrogens with zero attached hydrogens (tertiary/aromatic N) is 5. The molecule has 2 aliphatic heterocycles. The van der Waals surface area contributed by atoms with E-state index in [2.05, 4.69) is 50.5 Å². The highest BCUT2D eigenvalue weighted by atomic mass is 16.7. The summed E-state index contributed by atoms with van der Waals surface area (Å²) in [7, 11) is 1.98. The molecule has 0 aliphatic carbocycles. The molecule has 0 saturated carbocycles. The van der Waals surface area contributed by atoms with E-state index in [9.17, 15) is 4.79 Å².